The van der Waals surface area contributed by atoms with Crippen molar-refractivity contribution in [3.05, 3.63) is 21.4 Å². The molecule has 0 spiro atoms. The highest BCUT2D eigenvalue weighted by molar-refractivity contribution is 7.10. The zero-order valence-electron chi connectivity index (χ0n) is 10.7. The Morgan fingerprint density at radius 2 is 2.22 bits per heavy atom. The van der Waals surface area contributed by atoms with Gasteiger partial charge >= 0.3 is 0 Å². The van der Waals surface area contributed by atoms with Gasteiger partial charge in [0.25, 0.3) is 5.91 Å². The van der Waals surface area contributed by atoms with Crippen LogP contribution in [0.4, 0.5) is 0 Å². The highest BCUT2D eigenvalue weighted by Crippen LogP contribution is 2.29. The molecule has 1 heterocycles. The summed E-state index contributed by atoms with van der Waals surface area (Å²) in [6.45, 7) is 2.62. The van der Waals surface area contributed by atoms with Crippen LogP contribution in [0.3, 0.4) is 0 Å². The molecule has 0 aromatic carbocycles. The first-order valence-electron chi connectivity index (χ1n) is 6.31. The van der Waals surface area contributed by atoms with Gasteiger partial charge in [0.15, 0.2) is 0 Å². The van der Waals surface area contributed by atoms with Gasteiger partial charge in [0, 0.05) is 22.8 Å². The summed E-state index contributed by atoms with van der Waals surface area (Å²) in [7, 11) is 0. The van der Waals surface area contributed by atoms with Crippen LogP contribution in [0.2, 0.25) is 0 Å². The van der Waals surface area contributed by atoms with E-state index in [2.05, 4.69) is 5.32 Å². The molecular weight excluding hydrogens is 268 g/mol. The zero-order valence-corrected chi connectivity index (χ0v) is 12.3. The van der Waals surface area contributed by atoms with Crippen LogP contribution >= 0.6 is 23.7 Å². The molecule has 3 nitrogen and oxygen atoms in total. The molecule has 0 aliphatic heterocycles. The standard InChI is InChI=1S/C13H20N2OS.ClH/c1-9(14)6-7-15-13(16)11-8-17-12-5-3-2-4-10(11)12;/h8-9H,2-7,14H2,1H3,(H,15,16);1H. The van der Waals surface area contributed by atoms with Crippen LogP contribution in [0.1, 0.15) is 47.0 Å². The first-order valence-corrected chi connectivity index (χ1v) is 7.19. The molecule has 0 saturated carbocycles. The molecule has 1 aliphatic carbocycles. The summed E-state index contributed by atoms with van der Waals surface area (Å²) < 4.78 is 0. The van der Waals surface area contributed by atoms with Crippen molar-refractivity contribution in [2.24, 2.45) is 5.73 Å². The quantitative estimate of drug-likeness (QED) is 0.894. The lowest BCUT2D eigenvalue weighted by Crippen LogP contribution is -2.29. The monoisotopic (exact) mass is 288 g/mol. The van der Waals surface area contributed by atoms with Gasteiger partial charge in [-0.15, -0.1) is 23.7 Å². The highest BCUT2D eigenvalue weighted by Gasteiger charge is 2.19. The normalized spacial score (nSPS) is 15.4. The summed E-state index contributed by atoms with van der Waals surface area (Å²) in [6.07, 6.45) is 5.52. The molecule has 5 heteroatoms. The number of hydrogen-bond donors (Lipinski definition) is 2. The van der Waals surface area contributed by atoms with Crippen molar-refractivity contribution < 1.29 is 4.79 Å². The third kappa shape index (κ3) is 3.70. The average Bonchev–Trinajstić information content (AvgIpc) is 2.72. The van der Waals surface area contributed by atoms with Gasteiger partial charge in [-0.1, -0.05) is 0 Å². The summed E-state index contributed by atoms with van der Waals surface area (Å²) in [5.74, 6) is 0.0741. The van der Waals surface area contributed by atoms with E-state index in [1.165, 1.54) is 23.3 Å². The molecule has 3 N–H and O–H groups in total. The van der Waals surface area contributed by atoms with Crippen LogP contribution in [-0.2, 0) is 12.8 Å². The number of carbonyl (C=O) groups excluding carboxylic acids is 1. The molecule has 0 fully saturated rings. The molecule has 1 aromatic rings. The fraction of sp³-hybridized carbons (Fsp3) is 0.615. The Bertz CT molecular complexity index is 404. The molecule has 0 bridgehead atoms. The Kier molecular flexibility index (Phi) is 6.12. The molecule has 1 amide bonds. The molecular formula is C13H21ClN2OS. The van der Waals surface area contributed by atoms with Crippen molar-refractivity contribution in [3.8, 4) is 0 Å². The van der Waals surface area contributed by atoms with Crippen molar-refractivity contribution in [2.45, 2.75) is 45.1 Å². The van der Waals surface area contributed by atoms with Crippen LogP contribution in [0.5, 0.6) is 0 Å². The fourth-order valence-corrected chi connectivity index (χ4v) is 3.32. The second-order valence-electron chi connectivity index (χ2n) is 4.78. The van der Waals surface area contributed by atoms with Crippen LogP contribution in [0, 0.1) is 0 Å². The Morgan fingerprint density at radius 3 is 2.94 bits per heavy atom. The van der Waals surface area contributed by atoms with E-state index in [1.807, 2.05) is 12.3 Å². The van der Waals surface area contributed by atoms with E-state index in [0.29, 0.717) is 6.54 Å². The Balaban J connectivity index is 0.00000162. The minimum atomic E-state index is 0. The van der Waals surface area contributed by atoms with Gasteiger partial charge in [-0.25, -0.2) is 0 Å². The lowest BCUT2D eigenvalue weighted by atomic mass is 9.95. The highest BCUT2D eigenvalue weighted by atomic mass is 35.5. The van der Waals surface area contributed by atoms with E-state index < -0.39 is 0 Å². The van der Waals surface area contributed by atoms with Crippen molar-refractivity contribution in [1.82, 2.24) is 5.32 Å². The van der Waals surface area contributed by atoms with Crippen LogP contribution in [-0.4, -0.2) is 18.5 Å². The van der Waals surface area contributed by atoms with Gasteiger partial charge in [-0.05, 0) is 44.6 Å². The molecule has 1 aliphatic rings. The molecule has 102 valence electrons. The Hall–Kier alpha value is -0.580. The molecule has 0 radical (unpaired) electrons. The topological polar surface area (TPSA) is 55.1 Å². The molecule has 1 aromatic heterocycles. The van der Waals surface area contributed by atoms with Gasteiger partial charge in [-0.2, -0.15) is 0 Å². The smallest absolute Gasteiger partial charge is 0.252 e. The van der Waals surface area contributed by atoms with E-state index >= 15 is 0 Å². The lowest BCUT2D eigenvalue weighted by Gasteiger charge is -2.13. The van der Waals surface area contributed by atoms with E-state index in [1.54, 1.807) is 11.3 Å². The number of carbonyl (C=O) groups is 1. The maximum Gasteiger partial charge on any atom is 0.252 e. The SMILES string of the molecule is CC(N)CCNC(=O)c1csc2c1CCCC2.Cl. The summed E-state index contributed by atoms with van der Waals surface area (Å²) >= 11 is 1.73. The fourth-order valence-electron chi connectivity index (χ4n) is 2.19. The number of rotatable bonds is 4. The van der Waals surface area contributed by atoms with Crippen molar-refractivity contribution >= 4 is 29.7 Å². The summed E-state index contributed by atoms with van der Waals surface area (Å²) in [5, 5.41) is 4.97. The Labute approximate surface area is 119 Å². The molecule has 18 heavy (non-hydrogen) atoms. The van der Waals surface area contributed by atoms with Crippen molar-refractivity contribution in [2.75, 3.05) is 6.54 Å². The van der Waals surface area contributed by atoms with Gasteiger partial charge in [0.1, 0.15) is 0 Å². The predicted molar refractivity (Wildman–Crippen MR) is 78.8 cm³/mol. The second kappa shape index (κ2) is 7.12. The number of nitrogens with two attached hydrogens (primary N) is 1. The number of nitrogens with one attached hydrogen (secondary N) is 1. The van der Waals surface area contributed by atoms with Gasteiger partial charge in [-0.3, -0.25) is 4.79 Å². The largest absolute Gasteiger partial charge is 0.352 e. The van der Waals surface area contributed by atoms with Crippen LogP contribution in [0.25, 0.3) is 0 Å². The number of amides is 1. The van der Waals surface area contributed by atoms with Gasteiger partial charge in [0.2, 0.25) is 0 Å². The van der Waals surface area contributed by atoms with Gasteiger partial charge in [0.05, 0.1) is 5.56 Å². The van der Waals surface area contributed by atoms with E-state index in [-0.39, 0.29) is 24.4 Å². The number of thiophene rings is 1. The van der Waals surface area contributed by atoms with E-state index in [0.717, 1.165) is 24.8 Å². The average molecular weight is 289 g/mol. The van der Waals surface area contributed by atoms with Crippen molar-refractivity contribution in [3.63, 3.8) is 0 Å². The predicted octanol–water partition coefficient (Wildman–Crippen LogP) is 2.52. The maximum atomic E-state index is 12.0. The minimum Gasteiger partial charge on any atom is -0.352 e. The van der Waals surface area contributed by atoms with Crippen LogP contribution < -0.4 is 11.1 Å². The molecule has 1 atom stereocenters. The first-order chi connectivity index (χ1) is 8.18. The third-order valence-corrected chi connectivity index (χ3v) is 4.28. The summed E-state index contributed by atoms with van der Waals surface area (Å²) in [6, 6.07) is 0.145. The molecule has 1 unspecified atom stereocenters. The van der Waals surface area contributed by atoms with Crippen LogP contribution in [0.15, 0.2) is 5.38 Å². The summed E-state index contributed by atoms with van der Waals surface area (Å²) in [4.78, 5) is 13.4. The first kappa shape index (κ1) is 15.5. The third-order valence-electron chi connectivity index (χ3n) is 3.19. The van der Waals surface area contributed by atoms with Gasteiger partial charge < -0.3 is 11.1 Å². The molecule has 2 rings (SSSR count). The second-order valence-corrected chi connectivity index (χ2v) is 5.74. The van der Waals surface area contributed by atoms with Crippen molar-refractivity contribution in [1.29, 1.82) is 0 Å². The number of aryl methyl sites for hydroxylation is 1. The number of hydrogen-bond acceptors (Lipinski definition) is 3. The number of fused-ring (bicyclic) bond motifs is 1. The minimum absolute atomic E-state index is 0. The maximum absolute atomic E-state index is 12.0. The van der Waals surface area contributed by atoms with E-state index in [9.17, 15) is 4.79 Å². The number of halogens is 1. The summed E-state index contributed by atoms with van der Waals surface area (Å²) in [5.41, 5.74) is 7.85. The lowest BCUT2D eigenvalue weighted by molar-refractivity contribution is 0.0952. The zero-order chi connectivity index (χ0) is 12.3. The van der Waals surface area contributed by atoms with E-state index in [4.69, 9.17) is 5.73 Å². The Morgan fingerprint density at radius 1 is 1.50 bits per heavy atom. The molecule has 0 saturated heterocycles.